The van der Waals surface area contributed by atoms with Crippen molar-refractivity contribution in [3.05, 3.63) is 83.1 Å². The van der Waals surface area contributed by atoms with E-state index >= 15 is 0 Å². The first kappa shape index (κ1) is 27.8. The molecule has 0 bridgehead atoms. The van der Waals surface area contributed by atoms with E-state index in [1.54, 1.807) is 79.5 Å². The number of nitrogens with zero attached hydrogens (tertiary/aromatic N) is 3. The Hall–Kier alpha value is -4.22. The second-order valence-corrected chi connectivity index (χ2v) is 9.41. The summed E-state index contributed by atoms with van der Waals surface area (Å²) >= 11 is 7.43. The molecule has 4 aromatic rings. The molecule has 0 aliphatic heterocycles. The summed E-state index contributed by atoms with van der Waals surface area (Å²) in [5.41, 5.74) is 1.69. The minimum absolute atomic E-state index is 0.0477. The van der Waals surface area contributed by atoms with E-state index in [2.05, 4.69) is 20.8 Å². The molecule has 0 atom stereocenters. The van der Waals surface area contributed by atoms with E-state index < -0.39 is 0 Å². The Bertz CT molecular complexity index is 1460. The topological polar surface area (TPSA) is 117 Å². The van der Waals surface area contributed by atoms with Gasteiger partial charge in [-0.3, -0.25) is 14.2 Å². The van der Waals surface area contributed by atoms with Crippen LogP contribution in [0.1, 0.15) is 16.2 Å². The molecule has 39 heavy (non-hydrogen) atoms. The number of amides is 2. The third kappa shape index (κ3) is 7.01. The van der Waals surface area contributed by atoms with Crippen molar-refractivity contribution in [3.63, 3.8) is 0 Å². The maximum Gasteiger partial charge on any atom is 0.251 e. The molecule has 12 heteroatoms. The highest BCUT2D eigenvalue weighted by Crippen LogP contribution is 2.30. The van der Waals surface area contributed by atoms with Gasteiger partial charge in [0.2, 0.25) is 5.91 Å². The van der Waals surface area contributed by atoms with Crippen LogP contribution in [0.15, 0.2) is 71.9 Å². The van der Waals surface area contributed by atoms with Gasteiger partial charge in [0.1, 0.15) is 17.2 Å². The van der Waals surface area contributed by atoms with Gasteiger partial charge in [0.25, 0.3) is 5.91 Å². The van der Waals surface area contributed by atoms with Crippen molar-refractivity contribution >= 4 is 40.9 Å². The van der Waals surface area contributed by atoms with Gasteiger partial charge < -0.3 is 24.8 Å². The molecule has 1 aromatic heterocycles. The minimum atomic E-state index is -0.277. The Morgan fingerprint density at radius 2 is 1.67 bits per heavy atom. The number of nitrogens with one attached hydrogen (secondary N) is 2. The lowest BCUT2D eigenvalue weighted by Gasteiger charge is -2.13. The maximum atomic E-state index is 12.8. The summed E-state index contributed by atoms with van der Waals surface area (Å²) in [6, 6.07) is 19.0. The number of ether oxygens (including phenoxy) is 3. The zero-order chi connectivity index (χ0) is 27.8. The summed E-state index contributed by atoms with van der Waals surface area (Å²) in [6.07, 6.45) is 0. The first-order valence-electron chi connectivity index (χ1n) is 11.7. The van der Waals surface area contributed by atoms with E-state index in [1.165, 1.54) is 18.9 Å². The third-order valence-corrected chi connectivity index (χ3v) is 6.71. The molecule has 2 N–H and O–H groups in total. The molecule has 0 radical (unpaired) electrons. The molecule has 0 spiro atoms. The Labute approximate surface area is 234 Å². The number of methoxy groups -OCH3 is 3. The number of benzene rings is 3. The van der Waals surface area contributed by atoms with E-state index in [0.717, 1.165) is 0 Å². The lowest BCUT2D eigenvalue weighted by Crippen LogP contribution is -2.24. The Morgan fingerprint density at radius 1 is 0.923 bits per heavy atom. The van der Waals surface area contributed by atoms with Gasteiger partial charge in [-0.1, -0.05) is 29.4 Å². The summed E-state index contributed by atoms with van der Waals surface area (Å²) in [4.78, 5) is 25.5. The molecule has 1 heterocycles. The van der Waals surface area contributed by atoms with Crippen LogP contribution < -0.4 is 24.8 Å². The summed E-state index contributed by atoms with van der Waals surface area (Å²) in [6.45, 7) is 0.0974. The smallest absolute Gasteiger partial charge is 0.251 e. The Balaban J connectivity index is 1.49. The molecule has 0 saturated heterocycles. The van der Waals surface area contributed by atoms with Crippen molar-refractivity contribution in [2.24, 2.45) is 0 Å². The predicted molar refractivity (Wildman–Crippen MR) is 149 cm³/mol. The highest BCUT2D eigenvalue weighted by atomic mass is 35.5. The molecule has 0 saturated carbocycles. The molecule has 0 aliphatic carbocycles. The van der Waals surface area contributed by atoms with Crippen LogP contribution in [0.2, 0.25) is 5.02 Å². The fourth-order valence-electron chi connectivity index (χ4n) is 3.60. The molecular formula is C27H26ClN5O5S. The van der Waals surface area contributed by atoms with Crippen molar-refractivity contribution in [1.29, 1.82) is 0 Å². The monoisotopic (exact) mass is 567 g/mol. The molecule has 0 fully saturated rings. The van der Waals surface area contributed by atoms with Crippen LogP contribution in [0, 0.1) is 0 Å². The van der Waals surface area contributed by atoms with Gasteiger partial charge in [0, 0.05) is 16.7 Å². The molecule has 4 rings (SSSR count). The third-order valence-electron chi connectivity index (χ3n) is 5.54. The van der Waals surface area contributed by atoms with Crippen LogP contribution >= 0.6 is 23.4 Å². The highest BCUT2D eigenvalue weighted by molar-refractivity contribution is 7.99. The first-order valence-corrected chi connectivity index (χ1v) is 13.1. The summed E-state index contributed by atoms with van der Waals surface area (Å²) in [5, 5.41) is 15.2. The largest absolute Gasteiger partial charge is 0.497 e. The van der Waals surface area contributed by atoms with Gasteiger partial charge in [0.15, 0.2) is 11.0 Å². The van der Waals surface area contributed by atoms with Crippen LogP contribution in [-0.4, -0.2) is 53.7 Å². The van der Waals surface area contributed by atoms with Gasteiger partial charge in [-0.2, -0.15) is 0 Å². The fourth-order valence-corrected chi connectivity index (χ4v) is 4.56. The number of thioether (sulfide) groups is 1. The normalized spacial score (nSPS) is 10.6. The van der Waals surface area contributed by atoms with Crippen molar-refractivity contribution in [1.82, 2.24) is 20.1 Å². The SMILES string of the molecule is COc1ccc(C(=O)NCc2nnc(SCC(=O)Nc3ccc(OC)cc3OC)n2-c2cccc(Cl)c2)cc1. The number of aromatic nitrogens is 3. The van der Waals surface area contributed by atoms with E-state index in [4.69, 9.17) is 25.8 Å². The second-order valence-electron chi connectivity index (χ2n) is 8.03. The van der Waals surface area contributed by atoms with Crippen LogP contribution in [0.5, 0.6) is 17.2 Å². The summed E-state index contributed by atoms with van der Waals surface area (Å²) in [5.74, 6) is 1.72. The molecule has 10 nitrogen and oxygen atoms in total. The fraction of sp³-hybridized carbons (Fsp3) is 0.185. The number of hydrogen-bond donors (Lipinski definition) is 2. The van der Waals surface area contributed by atoms with Crippen molar-refractivity contribution in [2.75, 3.05) is 32.4 Å². The summed E-state index contributed by atoms with van der Waals surface area (Å²) < 4.78 is 17.5. The first-order chi connectivity index (χ1) is 18.9. The molecule has 2 amide bonds. The molecule has 0 unspecified atom stereocenters. The average Bonchev–Trinajstić information content (AvgIpc) is 3.37. The van der Waals surface area contributed by atoms with Crippen molar-refractivity contribution in [2.45, 2.75) is 11.7 Å². The number of rotatable bonds is 11. The van der Waals surface area contributed by atoms with E-state index in [1.807, 2.05) is 6.07 Å². The standard InChI is InChI=1S/C27H26ClN5O5S/c1-36-20-9-7-17(8-10-20)26(35)29-15-24-31-32-27(33(24)19-6-4-5-18(28)13-19)39-16-25(34)30-22-12-11-21(37-2)14-23(22)38-3/h4-14H,15-16H2,1-3H3,(H,29,35)(H,30,34). The van der Waals surface area contributed by atoms with Crippen molar-refractivity contribution < 1.29 is 23.8 Å². The van der Waals surface area contributed by atoms with Crippen LogP contribution in [-0.2, 0) is 11.3 Å². The number of carbonyl (C=O) groups is 2. The van der Waals surface area contributed by atoms with E-state index in [9.17, 15) is 9.59 Å². The number of halogens is 1. The molecule has 202 valence electrons. The van der Waals surface area contributed by atoms with Gasteiger partial charge >= 0.3 is 0 Å². The quantitative estimate of drug-likeness (QED) is 0.252. The van der Waals surface area contributed by atoms with Gasteiger partial charge in [-0.15, -0.1) is 10.2 Å². The summed E-state index contributed by atoms with van der Waals surface area (Å²) in [7, 11) is 4.63. The van der Waals surface area contributed by atoms with E-state index in [0.29, 0.717) is 50.2 Å². The zero-order valence-electron chi connectivity index (χ0n) is 21.4. The highest BCUT2D eigenvalue weighted by Gasteiger charge is 2.18. The lowest BCUT2D eigenvalue weighted by molar-refractivity contribution is -0.113. The van der Waals surface area contributed by atoms with Crippen LogP contribution in [0.25, 0.3) is 5.69 Å². The number of anilines is 1. The Kier molecular flexibility index (Phi) is 9.29. The molecule has 3 aromatic carbocycles. The maximum absolute atomic E-state index is 12.8. The van der Waals surface area contributed by atoms with Crippen LogP contribution in [0.4, 0.5) is 5.69 Å². The van der Waals surface area contributed by atoms with E-state index in [-0.39, 0.29) is 24.1 Å². The second kappa shape index (κ2) is 13.0. The molecular weight excluding hydrogens is 542 g/mol. The number of hydrogen-bond acceptors (Lipinski definition) is 8. The van der Waals surface area contributed by atoms with Gasteiger partial charge in [-0.05, 0) is 54.6 Å². The lowest BCUT2D eigenvalue weighted by atomic mass is 10.2. The number of carbonyl (C=O) groups excluding carboxylic acids is 2. The molecule has 0 aliphatic rings. The van der Waals surface area contributed by atoms with Crippen molar-refractivity contribution in [3.8, 4) is 22.9 Å². The average molecular weight is 568 g/mol. The minimum Gasteiger partial charge on any atom is -0.497 e. The Morgan fingerprint density at radius 3 is 2.36 bits per heavy atom. The van der Waals surface area contributed by atoms with Crippen LogP contribution in [0.3, 0.4) is 0 Å². The predicted octanol–water partition coefficient (Wildman–Crippen LogP) is 4.61. The zero-order valence-corrected chi connectivity index (χ0v) is 23.0. The van der Waals surface area contributed by atoms with Gasteiger partial charge in [-0.25, -0.2) is 0 Å². The van der Waals surface area contributed by atoms with Gasteiger partial charge in [0.05, 0.1) is 45.0 Å².